The number of hydrogen-bond acceptors (Lipinski definition) is 5. The molecule has 4 aromatic carbocycles. The Hall–Kier alpha value is -3.49. The summed E-state index contributed by atoms with van der Waals surface area (Å²) in [4.78, 5) is 12.5. The lowest BCUT2D eigenvalue weighted by Crippen LogP contribution is -2.17. The fourth-order valence-electron chi connectivity index (χ4n) is 3.20. The zero-order chi connectivity index (χ0) is 23.4. The molecular formula is C25H19BrN2O4S. The molecule has 33 heavy (non-hydrogen) atoms. The van der Waals surface area contributed by atoms with Crippen LogP contribution in [0, 0.1) is 6.92 Å². The lowest BCUT2D eigenvalue weighted by atomic mass is 10.0. The fraction of sp³-hybridized carbons (Fsp3) is 0.0400. The molecular weight excluding hydrogens is 504 g/mol. The second-order valence-corrected chi connectivity index (χ2v) is 9.72. The average Bonchev–Trinajstić information content (AvgIpc) is 2.80. The highest BCUT2D eigenvalue weighted by Gasteiger charge is 2.19. The Morgan fingerprint density at radius 2 is 1.73 bits per heavy atom. The van der Waals surface area contributed by atoms with Crippen molar-refractivity contribution >= 4 is 48.9 Å². The first kappa shape index (κ1) is 22.7. The predicted molar refractivity (Wildman–Crippen MR) is 132 cm³/mol. The molecule has 4 rings (SSSR count). The summed E-state index contributed by atoms with van der Waals surface area (Å²) in [5.74, 6) is -0.294. The van der Waals surface area contributed by atoms with Crippen molar-refractivity contribution in [2.75, 3.05) is 0 Å². The Morgan fingerprint density at radius 1 is 0.970 bits per heavy atom. The van der Waals surface area contributed by atoms with E-state index in [1.807, 2.05) is 37.3 Å². The number of carbonyl (C=O) groups is 1. The van der Waals surface area contributed by atoms with Crippen molar-refractivity contribution in [1.82, 2.24) is 5.43 Å². The Bertz CT molecular complexity index is 1470. The van der Waals surface area contributed by atoms with E-state index in [1.54, 1.807) is 42.5 Å². The van der Waals surface area contributed by atoms with Gasteiger partial charge in [0.1, 0.15) is 4.90 Å². The summed E-state index contributed by atoms with van der Waals surface area (Å²) in [6, 6.07) is 24.1. The van der Waals surface area contributed by atoms with Crippen LogP contribution in [0.1, 0.15) is 21.5 Å². The molecule has 0 radical (unpaired) electrons. The molecule has 0 saturated carbocycles. The molecule has 0 bridgehead atoms. The quantitative estimate of drug-likeness (QED) is 0.207. The smallest absolute Gasteiger partial charge is 0.339 e. The number of hydrazone groups is 1. The second kappa shape index (κ2) is 9.56. The van der Waals surface area contributed by atoms with Crippen LogP contribution in [-0.2, 0) is 10.1 Å². The summed E-state index contributed by atoms with van der Waals surface area (Å²) in [7, 11) is -4.06. The third kappa shape index (κ3) is 5.30. The number of fused-ring (bicyclic) bond motifs is 1. The number of amides is 1. The molecule has 1 N–H and O–H groups in total. The van der Waals surface area contributed by atoms with Gasteiger partial charge in [0.15, 0.2) is 5.75 Å². The Labute approximate surface area is 200 Å². The number of carbonyl (C=O) groups excluding carboxylic acids is 1. The molecule has 1 amide bonds. The normalized spacial score (nSPS) is 11.6. The molecule has 0 atom stereocenters. The Morgan fingerprint density at radius 3 is 2.48 bits per heavy atom. The van der Waals surface area contributed by atoms with Crippen LogP contribution in [0.2, 0.25) is 0 Å². The van der Waals surface area contributed by atoms with Crippen LogP contribution in [0.5, 0.6) is 5.75 Å². The van der Waals surface area contributed by atoms with Gasteiger partial charge in [-0.25, -0.2) is 5.43 Å². The Balaban J connectivity index is 1.67. The number of nitrogens with one attached hydrogen (secondary N) is 1. The zero-order valence-corrected chi connectivity index (χ0v) is 19.9. The maximum Gasteiger partial charge on any atom is 0.339 e. The van der Waals surface area contributed by atoms with E-state index in [-0.39, 0.29) is 10.6 Å². The summed E-state index contributed by atoms with van der Waals surface area (Å²) in [5.41, 5.74) is 4.27. The van der Waals surface area contributed by atoms with Gasteiger partial charge in [0, 0.05) is 15.6 Å². The average molecular weight is 523 g/mol. The van der Waals surface area contributed by atoms with Crippen LogP contribution in [0.15, 0.2) is 99.4 Å². The lowest BCUT2D eigenvalue weighted by molar-refractivity contribution is 0.0955. The molecule has 6 nitrogen and oxygen atoms in total. The van der Waals surface area contributed by atoms with Crippen LogP contribution in [0.4, 0.5) is 0 Å². The van der Waals surface area contributed by atoms with Crippen molar-refractivity contribution in [2.45, 2.75) is 11.8 Å². The molecule has 0 saturated heterocycles. The molecule has 0 heterocycles. The summed E-state index contributed by atoms with van der Waals surface area (Å²) in [6.45, 7) is 1.87. The number of nitrogens with zero attached hydrogens (tertiary/aromatic N) is 1. The first-order valence-electron chi connectivity index (χ1n) is 9.95. The largest absolute Gasteiger partial charge is 0.378 e. The topological polar surface area (TPSA) is 84.8 Å². The highest BCUT2D eigenvalue weighted by molar-refractivity contribution is 9.10. The lowest BCUT2D eigenvalue weighted by Gasteiger charge is -2.12. The number of rotatable bonds is 6. The predicted octanol–water partition coefficient (Wildman–Crippen LogP) is 5.44. The van der Waals surface area contributed by atoms with Gasteiger partial charge in [-0.15, -0.1) is 0 Å². The van der Waals surface area contributed by atoms with Crippen molar-refractivity contribution < 1.29 is 17.4 Å². The molecule has 0 unspecified atom stereocenters. The van der Waals surface area contributed by atoms with Gasteiger partial charge in [0.25, 0.3) is 5.91 Å². The fourth-order valence-corrected chi connectivity index (χ4v) is 4.55. The van der Waals surface area contributed by atoms with Gasteiger partial charge < -0.3 is 4.18 Å². The Kier molecular flexibility index (Phi) is 6.57. The number of halogens is 1. The minimum atomic E-state index is -4.06. The van der Waals surface area contributed by atoms with E-state index in [2.05, 4.69) is 26.5 Å². The highest BCUT2D eigenvalue weighted by Crippen LogP contribution is 2.29. The van der Waals surface area contributed by atoms with E-state index in [0.717, 1.165) is 20.8 Å². The SMILES string of the molecule is Cc1ccc(S(=O)(=O)Oc2ccc3ccccc3c2/C=N\NC(=O)c2cccc(Br)c2)cc1. The first-order chi connectivity index (χ1) is 15.8. The molecule has 0 aliphatic rings. The highest BCUT2D eigenvalue weighted by atomic mass is 79.9. The van der Waals surface area contributed by atoms with Gasteiger partial charge in [-0.3, -0.25) is 4.79 Å². The van der Waals surface area contributed by atoms with Gasteiger partial charge in [0.2, 0.25) is 0 Å². The minimum Gasteiger partial charge on any atom is -0.378 e. The standard InChI is InChI=1S/C25H19BrN2O4S/c1-17-9-12-21(13-10-17)33(30,31)32-24-14-11-18-5-2-3-8-22(18)23(24)16-27-28-25(29)19-6-4-7-20(26)15-19/h2-16H,1H3,(H,28,29)/b27-16-. The van der Waals surface area contributed by atoms with Gasteiger partial charge in [-0.2, -0.15) is 13.5 Å². The van der Waals surface area contributed by atoms with E-state index in [1.165, 1.54) is 18.3 Å². The second-order valence-electron chi connectivity index (χ2n) is 7.26. The third-order valence-corrected chi connectivity index (χ3v) is 6.63. The third-order valence-electron chi connectivity index (χ3n) is 4.89. The molecule has 166 valence electrons. The molecule has 8 heteroatoms. The minimum absolute atomic E-state index is 0.0482. The van der Waals surface area contributed by atoms with Crippen molar-refractivity contribution in [1.29, 1.82) is 0 Å². The van der Waals surface area contributed by atoms with Gasteiger partial charge in [-0.05, 0) is 54.1 Å². The van der Waals surface area contributed by atoms with Crippen LogP contribution in [-0.4, -0.2) is 20.5 Å². The van der Waals surface area contributed by atoms with Crippen LogP contribution < -0.4 is 9.61 Å². The van der Waals surface area contributed by atoms with Gasteiger partial charge >= 0.3 is 10.1 Å². The molecule has 0 aliphatic carbocycles. The van der Waals surface area contributed by atoms with Crippen LogP contribution >= 0.6 is 15.9 Å². The van der Waals surface area contributed by atoms with Crippen molar-refractivity contribution in [2.24, 2.45) is 5.10 Å². The summed E-state index contributed by atoms with van der Waals surface area (Å²) < 4.78 is 32.0. The number of hydrogen-bond donors (Lipinski definition) is 1. The summed E-state index contributed by atoms with van der Waals surface area (Å²) >= 11 is 3.33. The molecule has 0 fully saturated rings. The van der Waals surface area contributed by atoms with E-state index in [4.69, 9.17) is 4.18 Å². The molecule has 0 spiro atoms. The van der Waals surface area contributed by atoms with Crippen LogP contribution in [0.25, 0.3) is 10.8 Å². The maximum absolute atomic E-state index is 12.9. The molecule has 4 aromatic rings. The van der Waals surface area contributed by atoms with Crippen molar-refractivity contribution in [3.05, 3.63) is 106 Å². The number of benzene rings is 4. The van der Waals surface area contributed by atoms with Gasteiger partial charge in [0.05, 0.1) is 6.21 Å². The molecule has 0 aliphatic heterocycles. The molecule has 0 aromatic heterocycles. The van der Waals surface area contributed by atoms with E-state index < -0.39 is 16.0 Å². The number of aryl methyl sites for hydroxylation is 1. The maximum atomic E-state index is 12.9. The first-order valence-corrected chi connectivity index (χ1v) is 12.2. The van der Waals surface area contributed by atoms with E-state index >= 15 is 0 Å². The van der Waals surface area contributed by atoms with Gasteiger partial charge in [-0.1, -0.05) is 70.0 Å². The summed E-state index contributed by atoms with van der Waals surface area (Å²) in [6.07, 6.45) is 1.39. The van der Waals surface area contributed by atoms with E-state index in [0.29, 0.717) is 11.1 Å². The van der Waals surface area contributed by atoms with Crippen molar-refractivity contribution in [3.63, 3.8) is 0 Å². The van der Waals surface area contributed by atoms with Crippen LogP contribution in [0.3, 0.4) is 0 Å². The summed E-state index contributed by atoms with van der Waals surface area (Å²) in [5, 5.41) is 5.66. The zero-order valence-electron chi connectivity index (χ0n) is 17.5. The monoisotopic (exact) mass is 522 g/mol. The van der Waals surface area contributed by atoms with Crippen molar-refractivity contribution in [3.8, 4) is 5.75 Å². The van der Waals surface area contributed by atoms with E-state index in [9.17, 15) is 13.2 Å².